The number of carbonyl (C=O) groups excluding carboxylic acids is 1. The Bertz CT molecular complexity index is 676. The van der Waals surface area contributed by atoms with Gasteiger partial charge in [0.1, 0.15) is 5.82 Å². The van der Waals surface area contributed by atoms with E-state index in [1.54, 1.807) is 6.07 Å². The number of hydrogen-bond donors (Lipinski definition) is 3. The van der Waals surface area contributed by atoms with Crippen LogP contribution in [0.2, 0.25) is 0 Å². The zero-order valence-electron chi connectivity index (χ0n) is 14.6. The average Bonchev–Trinajstić information content (AvgIpc) is 2.60. The molecule has 0 bridgehead atoms. The van der Waals surface area contributed by atoms with Crippen molar-refractivity contribution in [2.75, 3.05) is 6.54 Å². The summed E-state index contributed by atoms with van der Waals surface area (Å²) in [6, 6.07) is 15.1. The minimum Gasteiger partial charge on any atom is -0.390 e. The molecule has 3 N–H and O–H groups in total. The molecule has 0 saturated carbocycles. The second-order valence-corrected chi connectivity index (χ2v) is 6.38. The fourth-order valence-corrected chi connectivity index (χ4v) is 2.54. The molecule has 0 aliphatic carbocycles. The molecule has 0 spiro atoms. The maximum Gasteiger partial charge on any atom is 0.254 e. The van der Waals surface area contributed by atoms with Crippen LogP contribution >= 0.6 is 0 Å². The van der Waals surface area contributed by atoms with Crippen LogP contribution in [0.3, 0.4) is 0 Å². The van der Waals surface area contributed by atoms with Crippen molar-refractivity contribution in [3.8, 4) is 0 Å². The minimum atomic E-state index is -0.793. The number of hydrogen-bond acceptors (Lipinski definition) is 3. The molecule has 1 amide bonds. The number of nitrogens with one attached hydrogen (secondary N) is 2. The van der Waals surface area contributed by atoms with E-state index in [9.17, 15) is 14.3 Å². The molecule has 0 aliphatic heterocycles. The van der Waals surface area contributed by atoms with Crippen molar-refractivity contribution in [3.05, 3.63) is 71.5 Å². The number of amides is 1. The molecule has 134 valence electrons. The predicted molar refractivity (Wildman–Crippen MR) is 96.9 cm³/mol. The SMILES string of the molecule is CC(C)NC[C@H](O)[C@H](Cc1ccccc1)NC(=O)c1ccccc1F. The van der Waals surface area contributed by atoms with Gasteiger partial charge in [-0.3, -0.25) is 4.79 Å². The van der Waals surface area contributed by atoms with Gasteiger partial charge in [-0.25, -0.2) is 4.39 Å². The second kappa shape index (κ2) is 9.30. The first-order valence-corrected chi connectivity index (χ1v) is 8.48. The lowest BCUT2D eigenvalue weighted by molar-refractivity contribution is 0.0823. The topological polar surface area (TPSA) is 61.4 Å². The quantitative estimate of drug-likeness (QED) is 0.690. The van der Waals surface area contributed by atoms with Crippen molar-refractivity contribution in [1.82, 2.24) is 10.6 Å². The van der Waals surface area contributed by atoms with Gasteiger partial charge in [0.15, 0.2) is 0 Å². The van der Waals surface area contributed by atoms with Gasteiger partial charge >= 0.3 is 0 Å². The molecule has 5 heteroatoms. The summed E-state index contributed by atoms with van der Waals surface area (Å²) >= 11 is 0. The maximum atomic E-state index is 13.8. The first-order chi connectivity index (χ1) is 12.0. The third-order valence-electron chi connectivity index (χ3n) is 3.93. The maximum absolute atomic E-state index is 13.8. The predicted octanol–water partition coefficient (Wildman–Crippen LogP) is 2.53. The van der Waals surface area contributed by atoms with Crippen LogP contribution < -0.4 is 10.6 Å². The standard InChI is InChI=1S/C20H25FN2O2/c1-14(2)22-13-19(24)18(12-15-8-4-3-5-9-15)23-20(25)16-10-6-7-11-17(16)21/h3-11,14,18-19,22,24H,12-13H2,1-2H3,(H,23,25)/t18-,19-/m0/s1. The molecule has 0 aromatic heterocycles. The van der Waals surface area contributed by atoms with E-state index in [4.69, 9.17) is 0 Å². The van der Waals surface area contributed by atoms with Crippen LogP contribution in [0, 0.1) is 5.82 Å². The van der Waals surface area contributed by atoms with Crippen LogP contribution in [0.4, 0.5) is 4.39 Å². The van der Waals surface area contributed by atoms with E-state index in [1.165, 1.54) is 18.2 Å². The van der Waals surface area contributed by atoms with E-state index >= 15 is 0 Å². The summed E-state index contributed by atoms with van der Waals surface area (Å²) in [4.78, 5) is 12.4. The van der Waals surface area contributed by atoms with Gasteiger partial charge in [-0.15, -0.1) is 0 Å². The van der Waals surface area contributed by atoms with Gasteiger partial charge in [0.2, 0.25) is 0 Å². The van der Waals surface area contributed by atoms with E-state index in [0.29, 0.717) is 13.0 Å². The number of benzene rings is 2. The highest BCUT2D eigenvalue weighted by Gasteiger charge is 2.23. The lowest BCUT2D eigenvalue weighted by Gasteiger charge is -2.25. The van der Waals surface area contributed by atoms with Gasteiger partial charge in [0.25, 0.3) is 5.91 Å². The summed E-state index contributed by atoms with van der Waals surface area (Å²) in [7, 11) is 0. The molecule has 0 saturated heterocycles. The molecular formula is C20H25FN2O2. The lowest BCUT2D eigenvalue weighted by Crippen LogP contribution is -2.49. The monoisotopic (exact) mass is 344 g/mol. The van der Waals surface area contributed by atoms with Gasteiger partial charge in [0, 0.05) is 12.6 Å². The zero-order valence-corrected chi connectivity index (χ0v) is 14.6. The summed E-state index contributed by atoms with van der Waals surface area (Å²) in [5.41, 5.74) is 0.967. The molecule has 0 fully saturated rings. The van der Waals surface area contributed by atoms with Crippen molar-refractivity contribution < 1.29 is 14.3 Å². The average molecular weight is 344 g/mol. The van der Waals surface area contributed by atoms with Crippen molar-refractivity contribution in [2.24, 2.45) is 0 Å². The molecule has 2 rings (SSSR count). The molecule has 2 aromatic rings. The summed E-state index contributed by atoms with van der Waals surface area (Å²) < 4.78 is 13.8. The first-order valence-electron chi connectivity index (χ1n) is 8.48. The fourth-order valence-electron chi connectivity index (χ4n) is 2.54. The molecule has 0 aliphatic rings. The Morgan fingerprint density at radius 3 is 2.36 bits per heavy atom. The largest absolute Gasteiger partial charge is 0.390 e. The number of rotatable bonds is 8. The van der Waals surface area contributed by atoms with Crippen LogP contribution in [0.5, 0.6) is 0 Å². The van der Waals surface area contributed by atoms with Gasteiger partial charge in [-0.05, 0) is 24.1 Å². The molecular weight excluding hydrogens is 319 g/mol. The summed E-state index contributed by atoms with van der Waals surface area (Å²) in [5, 5.41) is 16.5. The van der Waals surface area contributed by atoms with Crippen LogP contribution in [0.1, 0.15) is 29.8 Å². The van der Waals surface area contributed by atoms with E-state index in [2.05, 4.69) is 10.6 Å². The van der Waals surface area contributed by atoms with Crippen molar-refractivity contribution in [2.45, 2.75) is 38.5 Å². The highest BCUT2D eigenvalue weighted by atomic mass is 19.1. The van der Waals surface area contributed by atoms with E-state index in [-0.39, 0.29) is 11.6 Å². The Labute approximate surface area is 148 Å². The summed E-state index contributed by atoms with van der Waals surface area (Å²) in [6.07, 6.45) is -0.333. The van der Waals surface area contributed by atoms with Gasteiger partial charge in [0.05, 0.1) is 17.7 Å². The Morgan fingerprint density at radius 2 is 1.72 bits per heavy atom. The molecule has 0 unspecified atom stereocenters. The molecule has 2 aromatic carbocycles. The number of carbonyl (C=O) groups is 1. The number of aliphatic hydroxyl groups is 1. The number of halogens is 1. The molecule has 25 heavy (non-hydrogen) atoms. The highest BCUT2D eigenvalue weighted by molar-refractivity contribution is 5.94. The lowest BCUT2D eigenvalue weighted by atomic mass is 10.00. The Balaban J connectivity index is 2.12. The van der Waals surface area contributed by atoms with E-state index < -0.39 is 23.9 Å². The van der Waals surface area contributed by atoms with Crippen LogP contribution in [-0.2, 0) is 6.42 Å². The molecule has 4 nitrogen and oxygen atoms in total. The third-order valence-corrected chi connectivity index (χ3v) is 3.93. The zero-order chi connectivity index (χ0) is 18.2. The molecule has 0 heterocycles. The van der Waals surface area contributed by atoms with E-state index in [0.717, 1.165) is 5.56 Å². The van der Waals surface area contributed by atoms with Gasteiger partial charge < -0.3 is 15.7 Å². The van der Waals surface area contributed by atoms with Crippen LogP contribution in [0.15, 0.2) is 54.6 Å². The smallest absolute Gasteiger partial charge is 0.254 e. The molecule has 2 atom stereocenters. The summed E-state index contributed by atoms with van der Waals surface area (Å²) in [6.45, 7) is 4.31. The Morgan fingerprint density at radius 1 is 1.08 bits per heavy atom. The van der Waals surface area contributed by atoms with Gasteiger partial charge in [-0.1, -0.05) is 56.3 Å². The fraction of sp³-hybridized carbons (Fsp3) is 0.350. The third kappa shape index (κ3) is 5.96. The van der Waals surface area contributed by atoms with Crippen LogP contribution in [-0.4, -0.2) is 35.7 Å². The van der Waals surface area contributed by atoms with Crippen molar-refractivity contribution in [3.63, 3.8) is 0 Å². The van der Waals surface area contributed by atoms with Crippen molar-refractivity contribution in [1.29, 1.82) is 0 Å². The second-order valence-electron chi connectivity index (χ2n) is 6.38. The number of aliphatic hydroxyl groups excluding tert-OH is 1. The first kappa shape index (κ1) is 19.1. The normalized spacial score (nSPS) is 13.5. The van der Waals surface area contributed by atoms with Crippen molar-refractivity contribution >= 4 is 5.91 Å². The Kier molecular flexibility index (Phi) is 7.10. The summed E-state index contributed by atoms with van der Waals surface area (Å²) in [5.74, 6) is -1.10. The molecule has 0 radical (unpaired) electrons. The van der Waals surface area contributed by atoms with Gasteiger partial charge in [-0.2, -0.15) is 0 Å². The van der Waals surface area contributed by atoms with E-state index in [1.807, 2.05) is 44.2 Å². The highest BCUT2D eigenvalue weighted by Crippen LogP contribution is 2.10. The Hall–Kier alpha value is -2.24. The van der Waals surface area contributed by atoms with Crippen LogP contribution in [0.25, 0.3) is 0 Å². The minimum absolute atomic E-state index is 0.0235.